The van der Waals surface area contributed by atoms with E-state index < -0.39 is 47.1 Å². The molecule has 2 heterocycles. The number of nitrogens with zero attached hydrogens (tertiary/aromatic N) is 3. The van der Waals surface area contributed by atoms with Crippen LogP contribution in [0.25, 0.3) is 22.6 Å². The summed E-state index contributed by atoms with van der Waals surface area (Å²) < 4.78 is 62.5. The molecule has 0 saturated heterocycles. The average Bonchev–Trinajstić information content (AvgIpc) is 3.21. The second-order valence-electron chi connectivity index (χ2n) is 8.45. The number of aromatic nitrogens is 3. The van der Waals surface area contributed by atoms with Gasteiger partial charge in [0, 0.05) is 6.04 Å². The molecular weight excluding hydrogens is 468 g/mol. The number of benzene rings is 1. The molecule has 2 N–H and O–H groups in total. The molecule has 1 fully saturated rings. The molecule has 0 bridgehead atoms. The number of nitrogens with one attached hydrogen (secondary N) is 1. The van der Waals surface area contributed by atoms with Gasteiger partial charge in [-0.3, -0.25) is 9.48 Å². The molecular formula is C21H19ClF4N4O3. The van der Waals surface area contributed by atoms with Gasteiger partial charge in [-0.15, -0.1) is 0 Å². The minimum Gasteiger partial charge on any atom is -0.389 e. The summed E-state index contributed by atoms with van der Waals surface area (Å²) in [6, 6.07) is 3.64. The number of rotatable bonds is 6. The Kier molecular flexibility index (Phi) is 5.73. The van der Waals surface area contributed by atoms with Crippen molar-refractivity contribution in [1.82, 2.24) is 20.3 Å². The SMILES string of the molecule is CC(C)(O)Cn1ncc(-c2onc(-c3c(F)cccc3Cl)c2C(=O)NC2CC2)c1C(F)(F)F. The van der Waals surface area contributed by atoms with Crippen LogP contribution in [0, 0.1) is 5.82 Å². The fraction of sp³-hybridized carbons (Fsp3) is 0.381. The van der Waals surface area contributed by atoms with Gasteiger partial charge in [-0.05, 0) is 38.8 Å². The number of carbonyl (C=O) groups excluding carboxylic acids is 1. The number of halogens is 5. The van der Waals surface area contributed by atoms with Crippen LogP contribution in [0.2, 0.25) is 5.02 Å². The minimum atomic E-state index is -4.91. The van der Waals surface area contributed by atoms with Crippen molar-refractivity contribution in [3.63, 3.8) is 0 Å². The first-order valence-corrected chi connectivity index (χ1v) is 10.4. The first-order chi connectivity index (χ1) is 15.4. The highest BCUT2D eigenvalue weighted by Crippen LogP contribution is 2.42. The Morgan fingerprint density at radius 3 is 2.61 bits per heavy atom. The molecule has 0 radical (unpaired) electrons. The molecule has 0 unspecified atom stereocenters. The molecule has 1 amide bonds. The smallest absolute Gasteiger partial charge is 0.389 e. The van der Waals surface area contributed by atoms with Crippen LogP contribution in [-0.2, 0) is 12.7 Å². The van der Waals surface area contributed by atoms with E-state index in [1.165, 1.54) is 26.0 Å². The molecule has 1 aromatic carbocycles. The van der Waals surface area contributed by atoms with Crippen molar-refractivity contribution >= 4 is 17.5 Å². The maximum atomic E-state index is 14.6. The Balaban J connectivity index is 1.94. The highest BCUT2D eigenvalue weighted by atomic mass is 35.5. The van der Waals surface area contributed by atoms with Crippen LogP contribution in [0.5, 0.6) is 0 Å². The van der Waals surface area contributed by atoms with Gasteiger partial charge >= 0.3 is 6.18 Å². The molecule has 4 rings (SSSR count). The van der Waals surface area contributed by atoms with Gasteiger partial charge in [-0.2, -0.15) is 18.3 Å². The minimum absolute atomic E-state index is 0.0934. The Labute approximate surface area is 190 Å². The molecule has 176 valence electrons. The van der Waals surface area contributed by atoms with E-state index in [1.54, 1.807) is 0 Å². The van der Waals surface area contributed by atoms with Crippen LogP contribution in [-0.4, -0.2) is 37.6 Å². The lowest BCUT2D eigenvalue weighted by atomic mass is 10.0. The van der Waals surface area contributed by atoms with E-state index in [0.29, 0.717) is 17.5 Å². The molecule has 1 aliphatic rings. The standard InChI is InChI=1S/C21H19ClF4N4O3/c1-20(2,32)9-30-18(21(24,25)26)11(8-27-30)17-15(19(31)28-10-6-7-10)16(29-33-17)14-12(22)4-3-5-13(14)23/h3-5,8,10,32H,6-7,9H2,1-2H3,(H,28,31). The van der Waals surface area contributed by atoms with Crippen molar-refractivity contribution in [3.05, 3.63) is 46.5 Å². The molecule has 0 spiro atoms. The van der Waals surface area contributed by atoms with E-state index in [4.69, 9.17) is 16.1 Å². The van der Waals surface area contributed by atoms with E-state index in [0.717, 1.165) is 12.3 Å². The Hall–Kier alpha value is -2.92. The fourth-order valence-electron chi connectivity index (χ4n) is 3.40. The number of hydrogen-bond acceptors (Lipinski definition) is 5. The Bertz CT molecular complexity index is 1190. The molecule has 12 heteroatoms. The van der Waals surface area contributed by atoms with Crippen LogP contribution in [0.1, 0.15) is 42.7 Å². The van der Waals surface area contributed by atoms with E-state index >= 15 is 0 Å². The van der Waals surface area contributed by atoms with Crippen molar-refractivity contribution in [2.24, 2.45) is 0 Å². The summed E-state index contributed by atoms with van der Waals surface area (Å²) in [5.41, 5.74) is -4.31. The van der Waals surface area contributed by atoms with Gasteiger partial charge in [-0.1, -0.05) is 22.8 Å². The Morgan fingerprint density at radius 1 is 1.33 bits per heavy atom. The number of alkyl halides is 3. The molecule has 33 heavy (non-hydrogen) atoms. The van der Waals surface area contributed by atoms with Crippen molar-refractivity contribution < 1.29 is 32.0 Å². The zero-order chi connectivity index (χ0) is 24.1. The molecule has 1 aliphatic carbocycles. The summed E-state index contributed by atoms with van der Waals surface area (Å²) in [6.07, 6.45) is -2.63. The van der Waals surface area contributed by atoms with Crippen LogP contribution in [0.4, 0.5) is 17.6 Å². The van der Waals surface area contributed by atoms with Gasteiger partial charge in [-0.25, -0.2) is 4.39 Å². The number of aliphatic hydroxyl groups is 1. The normalized spacial score (nSPS) is 14.5. The van der Waals surface area contributed by atoms with Crippen LogP contribution in [0.15, 0.2) is 28.9 Å². The molecule has 0 aliphatic heterocycles. The third kappa shape index (κ3) is 4.74. The van der Waals surface area contributed by atoms with Crippen LogP contribution < -0.4 is 5.32 Å². The number of amides is 1. The third-order valence-electron chi connectivity index (χ3n) is 4.92. The predicted octanol–water partition coefficient (Wildman–Crippen LogP) is 4.68. The zero-order valence-electron chi connectivity index (χ0n) is 17.5. The summed E-state index contributed by atoms with van der Waals surface area (Å²) in [5, 5.41) is 20.1. The summed E-state index contributed by atoms with van der Waals surface area (Å²) in [6.45, 7) is 2.18. The average molecular weight is 487 g/mol. The molecule has 3 aromatic rings. The summed E-state index contributed by atoms with van der Waals surface area (Å²) >= 11 is 6.12. The largest absolute Gasteiger partial charge is 0.433 e. The fourth-order valence-corrected chi connectivity index (χ4v) is 3.65. The van der Waals surface area contributed by atoms with Gasteiger partial charge in [0.15, 0.2) is 11.5 Å². The lowest BCUT2D eigenvalue weighted by Crippen LogP contribution is -2.29. The Morgan fingerprint density at radius 2 is 2.03 bits per heavy atom. The summed E-state index contributed by atoms with van der Waals surface area (Å²) in [7, 11) is 0. The zero-order valence-corrected chi connectivity index (χ0v) is 18.3. The van der Waals surface area contributed by atoms with Crippen molar-refractivity contribution in [2.45, 2.75) is 51.1 Å². The molecule has 0 atom stereocenters. The second-order valence-corrected chi connectivity index (χ2v) is 8.86. The van der Waals surface area contributed by atoms with Gasteiger partial charge < -0.3 is 14.9 Å². The first-order valence-electron chi connectivity index (χ1n) is 9.97. The number of hydrogen-bond donors (Lipinski definition) is 2. The summed E-state index contributed by atoms with van der Waals surface area (Å²) in [4.78, 5) is 13.0. The highest BCUT2D eigenvalue weighted by molar-refractivity contribution is 6.33. The predicted molar refractivity (Wildman–Crippen MR) is 110 cm³/mol. The van der Waals surface area contributed by atoms with Crippen LogP contribution in [0.3, 0.4) is 0 Å². The second kappa shape index (κ2) is 8.14. The topological polar surface area (TPSA) is 93.2 Å². The first kappa shape index (κ1) is 23.2. The molecule has 7 nitrogen and oxygen atoms in total. The molecule has 2 aromatic heterocycles. The lowest BCUT2D eigenvalue weighted by Gasteiger charge is -2.20. The quantitative estimate of drug-likeness (QED) is 0.493. The lowest BCUT2D eigenvalue weighted by molar-refractivity contribution is -0.144. The van der Waals surface area contributed by atoms with Crippen molar-refractivity contribution in [3.8, 4) is 22.6 Å². The summed E-state index contributed by atoms with van der Waals surface area (Å²) in [5.74, 6) is -2.13. The van der Waals surface area contributed by atoms with E-state index in [2.05, 4.69) is 15.6 Å². The number of carbonyl (C=O) groups is 1. The van der Waals surface area contributed by atoms with Gasteiger partial charge in [0.05, 0.1) is 34.5 Å². The van der Waals surface area contributed by atoms with Gasteiger partial charge in [0.25, 0.3) is 5.91 Å². The van der Waals surface area contributed by atoms with Crippen molar-refractivity contribution in [2.75, 3.05) is 0 Å². The van der Waals surface area contributed by atoms with Gasteiger partial charge in [0.1, 0.15) is 17.1 Å². The maximum absolute atomic E-state index is 14.6. The van der Waals surface area contributed by atoms with E-state index in [9.17, 15) is 27.5 Å². The third-order valence-corrected chi connectivity index (χ3v) is 5.24. The van der Waals surface area contributed by atoms with Gasteiger partial charge in [0.2, 0.25) is 0 Å². The molecule has 1 saturated carbocycles. The monoisotopic (exact) mass is 486 g/mol. The van der Waals surface area contributed by atoms with E-state index in [1.807, 2.05) is 0 Å². The highest BCUT2D eigenvalue weighted by Gasteiger charge is 2.42. The van der Waals surface area contributed by atoms with Crippen LogP contribution >= 0.6 is 11.6 Å². The maximum Gasteiger partial charge on any atom is 0.433 e. The van der Waals surface area contributed by atoms with E-state index in [-0.39, 0.29) is 27.9 Å². The van der Waals surface area contributed by atoms with Crippen molar-refractivity contribution in [1.29, 1.82) is 0 Å².